The van der Waals surface area contributed by atoms with Crippen LogP contribution >= 0.6 is 23.2 Å². The summed E-state index contributed by atoms with van der Waals surface area (Å²) < 4.78 is 5.66. The maximum atomic E-state index is 6.18. The van der Waals surface area contributed by atoms with E-state index in [1.807, 2.05) is 12.1 Å². The number of rotatable bonds is 6. The Labute approximate surface area is 119 Å². The average Bonchev–Trinajstić information content (AvgIpc) is 2.77. The van der Waals surface area contributed by atoms with E-state index < -0.39 is 0 Å². The number of hydrogen-bond acceptors (Lipinski definition) is 2. The molecule has 0 saturated heterocycles. The summed E-state index contributed by atoms with van der Waals surface area (Å²) >= 11 is 12.3. The van der Waals surface area contributed by atoms with Crippen LogP contribution in [-0.2, 0) is 13.0 Å². The summed E-state index contributed by atoms with van der Waals surface area (Å²) in [5.41, 5.74) is 2.35. The maximum absolute atomic E-state index is 6.18. The molecule has 0 amide bonds. The Morgan fingerprint density at radius 3 is 3.06 bits per heavy atom. The van der Waals surface area contributed by atoms with Crippen molar-refractivity contribution in [2.75, 3.05) is 13.2 Å². The number of fused-ring (bicyclic) bond motifs is 1. The van der Waals surface area contributed by atoms with E-state index in [0.29, 0.717) is 0 Å². The smallest absolute Gasteiger partial charge is 0.127 e. The quantitative estimate of drug-likeness (QED) is 0.804. The molecule has 1 aromatic rings. The van der Waals surface area contributed by atoms with E-state index in [1.54, 1.807) is 0 Å². The van der Waals surface area contributed by atoms with Crippen LogP contribution in [0.25, 0.3) is 0 Å². The van der Waals surface area contributed by atoms with E-state index in [-0.39, 0.29) is 5.38 Å². The van der Waals surface area contributed by atoms with Gasteiger partial charge in [-0.05, 0) is 24.1 Å². The van der Waals surface area contributed by atoms with E-state index in [4.69, 9.17) is 27.9 Å². The lowest BCUT2D eigenvalue weighted by atomic mass is 10.1. The first-order valence-electron chi connectivity index (χ1n) is 6.49. The highest BCUT2D eigenvalue weighted by molar-refractivity contribution is 6.30. The lowest BCUT2D eigenvalue weighted by molar-refractivity contribution is 0.352. The van der Waals surface area contributed by atoms with Crippen molar-refractivity contribution in [1.29, 1.82) is 0 Å². The summed E-state index contributed by atoms with van der Waals surface area (Å²) in [6.07, 6.45) is 3.11. The molecule has 2 nitrogen and oxygen atoms in total. The summed E-state index contributed by atoms with van der Waals surface area (Å²) in [5, 5.41) is 4.35. The highest BCUT2D eigenvalue weighted by atomic mass is 35.5. The first-order valence-corrected chi connectivity index (χ1v) is 7.31. The number of ether oxygens (including phenoxy) is 1. The van der Waals surface area contributed by atoms with Gasteiger partial charge in [-0.15, -0.1) is 11.6 Å². The summed E-state index contributed by atoms with van der Waals surface area (Å²) in [4.78, 5) is 0. The number of hydrogen-bond donors (Lipinski definition) is 1. The minimum absolute atomic E-state index is 0.197. The van der Waals surface area contributed by atoms with E-state index in [2.05, 4.69) is 12.2 Å². The van der Waals surface area contributed by atoms with Crippen LogP contribution in [0.5, 0.6) is 5.75 Å². The normalized spacial score (nSPS) is 15.3. The second-order valence-electron chi connectivity index (χ2n) is 4.67. The van der Waals surface area contributed by atoms with Gasteiger partial charge in [-0.25, -0.2) is 0 Å². The van der Waals surface area contributed by atoms with Gasteiger partial charge in [0.15, 0.2) is 0 Å². The van der Waals surface area contributed by atoms with E-state index in [9.17, 15) is 0 Å². The van der Waals surface area contributed by atoms with Gasteiger partial charge < -0.3 is 10.1 Å². The third-order valence-electron chi connectivity index (χ3n) is 3.11. The Morgan fingerprint density at radius 2 is 2.28 bits per heavy atom. The molecule has 2 rings (SSSR count). The van der Waals surface area contributed by atoms with Gasteiger partial charge in [0.05, 0.1) is 6.61 Å². The molecule has 1 aliphatic heterocycles. The molecule has 0 aromatic heterocycles. The molecule has 0 bridgehead atoms. The van der Waals surface area contributed by atoms with Crippen LogP contribution in [0.3, 0.4) is 0 Å². The maximum Gasteiger partial charge on any atom is 0.127 e. The highest BCUT2D eigenvalue weighted by Crippen LogP contribution is 2.32. The van der Waals surface area contributed by atoms with Crippen LogP contribution < -0.4 is 10.1 Å². The second-order valence-corrected chi connectivity index (χ2v) is 5.72. The molecule has 1 atom stereocenters. The van der Waals surface area contributed by atoms with Crippen LogP contribution in [0.1, 0.15) is 30.9 Å². The number of nitrogens with one attached hydrogen (secondary N) is 1. The van der Waals surface area contributed by atoms with Crippen LogP contribution in [-0.4, -0.2) is 18.5 Å². The van der Waals surface area contributed by atoms with Crippen molar-refractivity contribution in [3.05, 3.63) is 28.3 Å². The standard InChI is InChI=1S/C14H19Cl2NO/c1-2-3-12(15)9-17-8-11-7-13(16)6-10-4-5-18-14(10)11/h6-7,12,17H,2-5,8-9H2,1H3. The van der Waals surface area contributed by atoms with Gasteiger partial charge in [-0.3, -0.25) is 0 Å². The van der Waals surface area contributed by atoms with Gasteiger partial charge in [0.2, 0.25) is 0 Å². The van der Waals surface area contributed by atoms with Gasteiger partial charge >= 0.3 is 0 Å². The van der Waals surface area contributed by atoms with Crippen molar-refractivity contribution >= 4 is 23.2 Å². The third kappa shape index (κ3) is 3.53. The number of halogens is 2. The Bertz CT molecular complexity index is 409. The molecule has 0 radical (unpaired) electrons. The van der Waals surface area contributed by atoms with Gasteiger partial charge in [0.25, 0.3) is 0 Å². The number of benzene rings is 1. The van der Waals surface area contributed by atoms with Gasteiger partial charge in [0.1, 0.15) is 5.75 Å². The minimum Gasteiger partial charge on any atom is -0.493 e. The van der Waals surface area contributed by atoms with Crippen LogP contribution in [0.15, 0.2) is 12.1 Å². The lowest BCUT2D eigenvalue weighted by Gasteiger charge is -2.12. The minimum atomic E-state index is 0.197. The fraction of sp³-hybridized carbons (Fsp3) is 0.571. The molecule has 1 N–H and O–H groups in total. The molecule has 0 spiro atoms. The molecule has 4 heteroatoms. The largest absolute Gasteiger partial charge is 0.493 e. The van der Waals surface area contributed by atoms with Crippen LogP contribution in [0.2, 0.25) is 5.02 Å². The monoisotopic (exact) mass is 287 g/mol. The first-order chi connectivity index (χ1) is 8.70. The Balaban J connectivity index is 1.93. The third-order valence-corrected chi connectivity index (χ3v) is 3.70. The molecule has 18 heavy (non-hydrogen) atoms. The summed E-state index contributed by atoms with van der Waals surface area (Å²) in [6, 6.07) is 3.97. The van der Waals surface area contributed by atoms with Crippen molar-refractivity contribution in [2.45, 2.75) is 38.1 Å². The van der Waals surface area contributed by atoms with Crippen LogP contribution in [0.4, 0.5) is 0 Å². The first kappa shape index (κ1) is 14.0. The molecule has 1 aromatic carbocycles. The second kappa shape index (κ2) is 6.65. The highest BCUT2D eigenvalue weighted by Gasteiger charge is 2.17. The fourth-order valence-corrected chi connectivity index (χ4v) is 2.85. The molecule has 100 valence electrons. The van der Waals surface area contributed by atoms with Crippen molar-refractivity contribution in [3.63, 3.8) is 0 Å². The number of alkyl halides is 1. The van der Waals surface area contributed by atoms with Gasteiger partial charge in [0, 0.05) is 35.5 Å². The zero-order valence-corrected chi connectivity index (χ0v) is 12.2. The average molecular weight is 288 g/mol. The Morgan fingerprint density at radius 1 is 1.44 bits per heavy atom. The SMILES string of the molecule is CCCC(Cl)CNCc1cc(Cl)cc2c1OCC2. The summed E-state index contributed by atoms with van der Waals surface area (Å²) in [7, 11) is 0. The Kier molecular flexibility index (Phi) is 5.16. The molecule has 1 aliphatic rings. The summed E-state index contributed by atoms with van der Waals surface area (Å²) in [5.74, 6) is 1.01. The topological polar surface area (TPSA) is 21.3 Å². The van der Waals surface area contributed by atoms with E-state index >= 15 is 0 Å². The zero-order valence-electron chi connectivity index (χ0n) is 10.6. The van der Waals surface area contributed by atoms with E-state index in [1.165, 1.54) is 5.56 Å². The van der Waals surface area contributed by atoms with Crippen molar-refractivity contribution < 1.29 is 4.74 Å². The molecule has 1 heterocycles. The van der Waals surface area contributed by atoms with E-state index in [0.717, 1.165) is 55.3 Å². The molecule has 1 unspecified atom stereocenters. The van der Waals surface area contributed by atoms with Gasteiger partial charge in [-0.1, -0.05) is 24.9 Å². The Hall–Kier alpha value is -0.440. The zero-order chi connectivity index (χ0) is 13.0. The van der Waals surface area contributed by atoms with Crippen molar-refractivity contribution in [3.8, 4) is 5.75 Å². The fourth-order valence-electron chi connectivity index (χ4n) is 2.26. The summed E-state index contributed by atoms with van der Waals surface area (Å²) in [6.45, 7) is 4.48. The predicted octanol–water partition coefficient (Wildman–Crippen LogP) is 3.77. The predicted molar refractivity (Wildman–Crippen MR) is 76.9 cm³/mol. The molecule has 0 saturated carbocycles. The molecule has 0 fully saturated rings. The lowest BCUT2D eigenvalue weighted by Crippen LogP contribution is -2.23. The van der Waals surface area contributed by atoms with Crippen molar-refractivity contribution in [2.24, 2.45) is 0 Å². The van der Waals surface area contributed by atoms with Crippen molar-refractivity contribution in [1.82, 2.24) is 5.32 Å². The molecule has 0 aliphatic carbocycles. The molecular formula is C14H19Cl2NO. The molecular weight excluding hydrogens is 269 g/mol. The van der Waals surface area contributed by atoms with Gasteiger partial charge in [-0.2, -0.15) is 0 Å². The van der Waals surface area contributed by atoms with Crippen LogP contribution in [0, 0.1) is 0 Å².